The van der Waals surface area contributed by atoms with Crippen LogP contribution >= 0.6 is 31.9 Å². The second kappa shape index (κ2) is 7.09. The van der Waals surface area contributed by atoms with Crippen LogP contribution in [0, 0.1) is 6.92 Å². The largest absolute Gasteiger partial charge is 0.467 e. The first kappa shape index (κ1) is 16.0. The Kier molecular flexibility index (Phi) is 5.42. The molecule has 0 radical (unpaired) electrons. The molecule has 2 aromatic rings. The second-order valence-electron chi connectivity index (χ2n) is 4.64. The van der Waals surface area contributed by atoms with E-state index in [-0.39, 0.29) is 5.97 Å². The number of nitrogens with one attached hydrogen (secondary N) is 1. The summed E-state index contributed by atoms with van der Waals surface area (Å²) >= 11 is 6.88. The van der Waals surface area contributed by atoms with E-state index in [2.05, 4.69) is 37.2 Å². The van der Waals surface area contributed by atoms with Gasteiger partial charge in [-0.15, -0.1) is 0 Å². The Morgan fingerprint density at radius 3 is 2.52 bits per heavy atom. The molecular weight excluding hydrogens is 398 g/mol. The maximum atomic E-state index is 12.1. The van der Waals surface area contributed by atoms with Crippen molar-refractivity contribution in [1.29, 1.82) is 0 Å². The summed E-state index contributed by atoms with van der Waals surface area (Å²) in [5.41, 5.74) is 2.84. The van der Waals surface area contributed by atoms with Crippen molar-refractivity contribution in [3.8, 4) is 0 Å². The van der Waals surface area contributed by atoms with Crippen LogP contribution in [-0.2, 0) is 9.53 Å². The van der Waals surface area contributed by atoms with Crippen LogP contribution in [0.15, 0.2) is 51.4 Å². The Bertz CT molecular complexity index is 658. The van der Waals surface area contributed by atoms with Gasteiger partial charge in [0.2, 0.25) is 0 Å². The first-order chi connectivity index (χ1) is 10.0. The second-order valence-corrected chi connectivity index (χ2v) is 6.35. The van der Waals surface area contributed by atoms with Crippen molar-refractivity contribution in [3.63, 3.8) is 0 Å². The number of carbonyl (C=O) groups is 1. The molecule has 0 heterocycles. The molecule has 0 saturated carbocycles. The van der Waals surface area contributed by atoms with Crippen LogP contribution in [0.25, 0.3) is 0 Å². The molecule has 3 nitrogen and oxygen atoms in total. The highest BCUT2D eigenvalue weighted by molar-refractivity contribution is 9.13. The van der Waals surface area contributed by atoms with Crippen LogP contribution < -0.4 is 5.32 Å². The number of carbonyl (C=O) groups excluding carboxylic acids is 1. The average molecular weight is 413 g/mol. The van der Waals surface area contributed by atoms with E-state index in [9.17, 15) is 4.79 Å². The zero-order valence-electron chi connectivity index (χ0n) is 11.7. The first-order valence-corrected chi connectivity index (χ1v) is 7.96. The SMILES string of the molecule is COC(=O)C(Nc1cccc(C)c1)c1ccc(Br)c(Br)c1. The number of anilines is 1. The summed E-state index contributed by atoms with van der Waals surface area (Å²) in [6, 6.07) is 13.0. The molecule has 0 amide bonds. The molecule has 1 unspecified atom stereocenters. The number of hydrogen-bond donors (Lipinski definition) is 1. The van der Waals surface area contributed by atoms with E-state index in [0.717, 1.165) is 25.8 Å². The number of aryl methyl sites for hydroxylation is 1. The molecule has 0 saturated heterocycles. The van der Waals surface area contributed by atoms with Crippen molar-refractivity contribution < 1.29 is 9.53 Å². The molecule has 1 atom stereocenters. The van der Waals surface area contributed by atoms with E-state index in [4.69, 9.17) is 4.74 Å². The van der Waals surface area contributed by atoms with Gasteiger partial charge in [0.15, 0.2) is 6.04 Å². The van der Waals surface area contributed by atoms with E-state index >= 15 is 0 Å². The predicted molar refractivity (Wildman–Crippen MR) is 91.4 cm³/mol. The van der Waals surface area contributed by atoms with E-state index in [1.165, 1.54) is 7.11 Å². The molecule has 0 bridgehead atoms. The monoisotopic (exact) mass is 411 g/mol. The summed E-state index contributed by atoms with van der Waals surface area (Å²) in [5.74, 6) is -0.328. The third-order valence-electron chi connectivity index (χ3n) is 3.04. The summed E-state index contributed by atoms with van der Waals surface area (Å²) < 4.78 is 6.74. The molecular formula is C16H15Br2NO2. The number of esters is 1. The number of hydrogen-bond acceptors (Lipinski definition) is 3. The summed E-state index contributed by atoms with van der Waals surface area (Å²) in [6.07, 6.45) is 0. The van der Waals surface area contributed by atoms with Crippen molar-refractivity contribution >= 4 is 43.5 Å². The zero-order chi connectivity index (χ0) is 15.4. The fourth-order valence-electron chi connectivity index (χ4n) is 1.99. The Morgan fingerprint density at radius 1 is 1.14 bits per heavy atom. The van der Waals surface area contributed by atoms with E-state index < -0.39 is 6.04 Å². The summed E-state index contributed by atoms with van der Waals surface area (Å²) in [7, 11) is 1.39. The molecule has 2 rings (SSSR count). The number of methoxy groups -OCH3 is 1. The molecule has 5 heteroatoms. The molecule has 21 heavy (non-hydrogen) atoms. The Labute approximate surface area is 141 Å². The first-order valence-electron chi connectivity index (χ1n) is 6.37. The van der Waals surface area contributed by atoms with Crippen LogP contribution in [-0.4, -0.2) is 13.1 Å². The van der Waals surface area contributed by atoms with Gasteiger partial charge in [-0.1, -0.05) is 18.2 Å². The van der Waals surface area contributed by atoms with Crippen molar-refractivity contribution in [1.82, 2.24) is 0 Å². The van der Waals surface area contributed by atoms with Gasteiger partial charge < -0.3 is 10.1 Å². The van der Waals surface area contributed by atoms with Gasteiger partial charge in [0.05, 0.1) is 7.11 Å². The molecule has 0 aliphatic carbocycles. The summed E-state index contributed by atoms with van der Waals surface area (Å²) in [6.45, 7) is 2.01. The topological polar surface area (TPSA) is 38.3 Å². The van der Waals surface area contributed by atoms with Gasteiger partial charge in [0.25, 0.3) is 0 Å². The Morgan fingerprint density at radius 2 is 1.90 bits per heavy atom. The lowest BCUT2D eigenvalue weighted by Gasteiger charge is -2.19. The van der Waals surface area contributed by atoms with Crippen molar-refractivity contribution in [3.05, 3.63) is 62.5 Å². The van der Waals surface area contributed by atoms with E-state index in [1.54, 1.807) is 0 Å². The van der Waals surface area contributed by atoms with Crippen LogP contribution in [0.1, 0.15) is 17.2 Å². The normalized spacial score (nSPS) is 11.8. The molecule has 110 valence electrons. The van der Waals surface area contributed by atoms with Gasteiger partial charge in [-0.2, -0.15) is 0 Å². The predicted octanol–water partition coefficient (Wildman–Crippen LogP) is 4.85. The maximum absolute atomic E-state index is 12.1. The lowest BCUT2D eigenvalue weighted by Crippen LogP contribution is -2.22. The fourth-order valence-corrected chi connectivity index (χ4v) is 2.63. The average Bonchev–Trinajstić information content (AvgIpc) is 2.47. The van der Waals surface area contributed by atoms with Gasteiger partial charge in [-0.3, -0.25) is 0 Å². The summed E-state index contributed by atoms with van der Waals surface area (Å²) in [5, 5.41) is 3.22. The molecule has 0 spiro atoms. The maximum Gasteiger partial charge on any atom is 0.332 e. The molecule has 0 aliphatic rings. The Hall–Kier alpha value is -1.33. The molecule has 0 aliphatic heterocycles. The van der Waals surface area contributed by atoms with Gasteiger partial charge in [-0.25, -0.2) is 4.79 Å². The Balaban J connectivity index is 2.34. The summed E-state index contributed by atoms with van der Waals surface area (Å²) in [4.78, 5) is 12.1. The van der Waals surface area contributed by atoms with E-state index in [1.807, 2.05) is 49.4 Å². The van der Waals surface area contributed by atoms with Crippen molar-refractivity contribution in [2.75, 3.05) is 12.4 Å². The third kappa shape index (κ3) is 4.08. The highest BCUT2D eigenvalue weighted by Gasteiger charge is 2.22. The highest BCUT2D eigenvalue weighted by Crippen LogP contribution is 2.29. The quantitative estimate of drug-likeness (QED) is 0.729. The standard InChI is InChI=1S/C16H15Br2NO2/c1-10-4-3-5-12(8-10)19-15(16(20)21-2)11-6-7-13(17)14(18)9-11/h3-9,15,19H,1-2H3. The third-order valence-corrected chi connectivity index (χ3v) is 4.92. The molecule has 0 fully saturated rings. The zero-order valence-corrected chi connectivity index (χ0v) is 14.9. The highest BCUT2D eigenvalue weighted by atomic mass is 79.9. The van der Waals surface area contributed by atoms with Crippen molar-refractivity contribution in [2.24, 2.45) is 0 Å². The number of rotatable bonds is 4. The van der Waals surface area contributed by atoms with Gasteiger partial charge >= 0.3 is 5.97 Å². The smallest absolute Gasteiger partial charge is 0.332 e. The van der Waals surface area contributed by atoms with Crippen LogP contribution in [0.3, 0.4) is 0 Å². The molecule has 2 aromatic carbocycles. The minimum Gasteiger partial charge on any atom is -0.467 e. The minimum atomic E-state index is -0.554. The number of halogens is 2. The minimum absolute atomic E-state index is 0.328. The van der Waals surface area contributed by atoms with Gasteiger partial charge in [-0.05, 0) is 74.2 Å². The van der Waals surface area contributed by atoms with Crippen LogP contribution in [0.4, 0.5) is 5.69 Å². The molecule has 1 N–H and O–H groups in total. The number of ether oxygens (including phenoxy) is 1. The van der Waals surface area contributed by atoms with Crippen molar-refractivity contribution in [2.45, 2.75) is 13.0 Å². The van der Waals surface area contributed by atoms with Gasteiger partial charge in [0.1, 0.15) is 0 Å². The molecule has 0 aromatic heterocycles. The van der Waals surface area contributed by atoms with Crippen LogP contribution in [0.5, 0.6) is 0 Å². The van der Waals surface area contributed by atoms with Gasteiger partial charge in [0, 0.05) is 14.6 Å². The van der Waals surface area contributed by atoms with Crippen LogP contribution in [0.2, 0.25) is 0 Å². The lowest BCUT2D eigenvalue weighted by atomic mass is 10.1. The fraction of sp³-hybridized carbons (Fsp3) is 0.188. The number of benzene rings is 2. The lowest BCUT2D eigenvalue weighted by molar-refractivity contribution is -0.141. The van der Waals surface area contributed by atoms with E-state index in [0.29, 0.717) is 0 Å².